The van der Waals surface area contributed by atoms with Crippen molar-refractivity contribution in [3.8, 4) is 0 Å². The molecule has 0 saturated carbocycles. The molecular formula is C10H20N2O3. The third-order valence-electron chi connectivity index (χ3n) is 2.97. The average Bonchev–Trinajstić information content (AvgIpc) is 2.16. The second-order valence-electron chi connectivity index (χ2n) is 4.41. The molecule has 3 N–H and O–H groups in total. The van der Waals surface area contributed by atoms with Crippen molar-refractivity contribution in [3.05, 3.63) is 0 Å². The third-order valence-corrected chi connectivity index (χ3v) is 2.97. The molecular weight excluding hydrogens is 196 g/mol. The van der Waals surface area contributed by atoms with Gasteiger partial charge in [-0.15, -0.1) is 0 Å². The van der Waals surface area contributed by atoms with E-state index in [1.165, 1.54) is 0 Å². The van der Waals surface area contributed by atoms with Crippen LogP contribution in [0.3, 0.4) is 0 Å². The van der Waals surface area contributed by atoms with Crippen LogP contribution in [0.4, 0.5) is 0 Å². The molecule has 0 aromatic rings. The van der Waals surface area contributed by atoms with Crippen LogP contribution < -0.4 is 10.8 Å². The number of amides is 1. The number of hydrogen-bond donors (Lipinski definition) is 3. The Hall–Kier alpha value is -0.650. The molecule has 0 aromatic carbocycles. The predicted molar refractivity (Wildman–Crippen MR) is 55.6 cm³/mol. The molecule has 0 aliphatic carbocycles. The van der Waals surface area contributed by atoms with Gasteiger partial charge in [-0.3, -0.25) is 10.0 Å². The van der Waals surface area contributed by atoms with Crippen LogP contribution in [-0.2, 0) is 9.53 Å². The van der Waals surface area contributed by atoms with Crippen LogP contribution in [0.2, 0.25) is 0 Å². The van der Waals surface area contributed by atoms with E-state index in [2.05, 4.69) is 5.32 Å². The number of hydroxylamine groups is 1. The Kier molecular flexibility index (Phi) is 4.07. The normalized spacial score (nSPS) is 36.3. The third kappa shape index (κ3) is 3.15. The molecule has 1 amide bonds. The first-order chi connectivity index (χ1) is 7.01. The lowest BCUT2D eigenvalue weighted by Gasteiger charge is -2.42. The van der Waals surface area contributed by atoms with E-state index in [1.807, 2.05) is 20.9 Å². The largest absolute Gasteiger partial charge is 0.375 e. The van der Waals surface area contributed by atoms with Crippen molar-refractivity contribution in [3.63, 3.8) is 0 Å². The van der Waals surface area contributed by atoms with Crippen LogP contribution in [0.5, 0.6) is 0 Å². The van der Waals surface area contributed by atoms with Gasteiger partial charge in [-0.1, -0.05) is 0 Å². The van der Waals surface area contributed by atoms with Gasteiger partial charge >= 0.3 is 0 Å². The van der Waals surface area contributed by atoms with Crippen molar-refractivity contribution in [2.75, 3.05) is 7.05 Å². The van der Waals surface area contributed by atoms with Gasteiger partial charge in [0.25, 0.3) is 0 Å². The summed E-state index contributed by atoms with van der Waals surface area (Å²) in [7, 11) is 1.84. The van der Waals surface area contributed by atoms with E-state index in [-0.39, 0.29) is 30.1 Å². The minimum atomic E-state index is -0.356. The summed E-state index contributed by atoms with van der Waals surface area (Å²) in [5.41, 5.74) is 1.42. The van der Waals surface area contributed by atoms with Crippen molar-refractivity contribution in [1.82, 2.24) is 10.8 Å². The molecule has 1 aliphatic rings. The van der Waals surface area contributed by atoms with Crippen molar-refractivity contribution < 1.29 is 14.7 Å². The summed E-state index contributed by atoms with van der Waals surface area (Å²) in [4.78, 5) is 11.2. The van der Waals surface area contributed by atoms with Crippen molar-refractivity contribution in [2.45, 2.75) is 50.9 Å². The minimum absolute atomic E-state index is 0.132. The van der Waals surface area contributed by atoms with E-state index >= 15 is 0 Å². The monoisotopic (exact) mass is 216 g/mol. The van der Waals surface area contributed by atoms with Gasteiger partial charge in [0, 0.05) is 12.0 Å². The Labute approximate surface area is 90.1 Å². The second kappa shape index (κ2) is 4.92. The molecule has 1 fully saturated rings. The van der Waals surface area contributed by atoms with Gasteiger partial charge in [0.1, 0.15) is 0 Å². The maximum Gasteiger partial charge on any atom is 0.245 e. The van der Waals surface area contributed by atoms with E-state index in [0.29, 0.717) is 0 Å². The summed E-state index contributed by atoms with van der Waals surface area (Å²) in [6.45, 7) is 4.00. The van der Waals surface area contributed by atoms with Crippen LogP contribution >= 0.6 is 0 Å². The van der Waals surface area contributed by atoms with Gasteiger partial charge in [0.2, 0.25) is 5.91 Å². The Morgan fingerprint density at radius 3 is 2.40 bits per heavy atom. The highest BCUT2D eigenvalue weighted by Gasteiger charge is 2.38. The quantitative estimate of drug-likeness (QED) is 0.472. The van der Waals surface area contributed by atoms with Gasteiger partial charge < -0.3 is 10.1 Å². The first-order valence-corrected chi connectivity index (χ1v) is 5.28. The summed E-state index contributed by atoms with van der Waals surface area (Å²) in [6, 6.07) is 0. The molecule has 1 saturated heterocycles. The second-order valence-corrected chi connectivity index (χ2v) is 4.41. The molecule has 1 heterocycles. The topological polar surface area (TPSA) is 70.6 Å². The maximum atomic E-state index is 11.2. The molecule has 0 aromatic heterocycles. The van der Waals surface area contributed by atoms with Crippen LogP contribution in [0.25, 0.3) is 0 Å². The molecule has 88 valence electrons. The predicted octanol–water partition coefficient (Wildman–Crippen LogP) is 0.427. The number of rotatable bonds is 3. The fraction of sp³-hybridized carbons (Fsp3) is 0.900. The molecule has 15 heavy (non-hydrogen) atoms. The number of carbonyl (C=O) groups is 1. The first-order valence-electron chi connectivity index (χ1n) is 5.28. The zero-order valence-electron chi connectivity index (χ0n) is 9.54. The highest BCUT2D eigenvalue weighted by atomic mass is 16.5. The fourth-order valence-electron chi connectivity index (χ4n) is 2.46. The summed E-state index contributed by atoms with van der Waals surface area (Å²) >= 11 is 0. The van der Waals surface area contributed by atoms with Crippen LogP contribution in [0.1, 0.15) is 33.1 Å². The van der Waals surface area contributed by atoms with Gasteiger partial charge in [0.05, 0.1) is 12.2 Å². The highest BCUT2D eigenvalue weighted by molar-refractivity contribution is 5.76. The van der Waals surface area contributed by atoms with Crippen LogP contribution in [0.15, 0.2) is 0 Å². The minimum Gasteiger partial charge on any atom is -0.375 e. The smallest absolute Gasteiger partial charge is 0.245 e. The van der Waals surface area contributed by atoms with E-state index in [9.17, 15) is 4.79 Å². The van der Waals surface area contributed by atoms with Gasteiger partial charge in [-0.25, -0.2) is 5.48 Å². The molecule has 0 radical (unpaired) electrons. The summed E-state index contributed by atoms with van der Waals surface area (Å²) < 4.78 is 5.62. The molecule has 5 nitrogen and oxygen atoms in total. The van der Waals surface area contributed by atoms with Crippen molar-refractivity contribution >= 4 is 5.91 Å². The molecule has 0 spiro atoms. The van der Waals surface area contributed by atoms with Crippen molar-refractivity contribution in [2.24, 2.45) is 0 Å². The summed E-state index contributed by atoms with van der Waals surface area (Å²) in [5, 5.41) is 11.7. The number of hydrogen-bond acceptors (Lipinski definition) is 4. The number of ether oxygens (including phenoxy) is 1. The molecule has 1 aliphatic heterocycles. The summed E-state index contributed by atoms with van der Waals surface area (Å²) in [5.74, 6) is -0.356. The molecule has 1 rings (SSSR count). The van der Waals surface area contributed by atoms with E-state index in [1.54, 1.807) is 5.48 Å². The Balaban J connectivity index is 2.69. The van der Waals surface area contributed by atoms with Gasteiger partial charge in [0.15, 0.2) is 0 Å². The molecule has 0 bridgehead atoms. The molecule has 3 atom stereocenters. The van der Waals surface area contributed by atoms with Crippen molar-refractivity contribution in [1.29, 1.82) is 0 Å². The number of carbonyl (C=O) groups excluding carboxylic acids is 1. The molecule has 5 heteroatoms. The average molecular weight is 216 g/mol. The maximum absolute atomic E-state index is 11.2. The van der Waals surface area contributed by atoms with Crippen LogP contribution in [0, 0.1) is 0 Å². The Bertz CT molecular complexity index is 223. The SMILES string of the molecule is CNC1(CC(=O)NO)C[C@@H](C)O[C@@H](C)C1. The fourth-order valence-corrected chi connectivity index (χ4v) is 2.46. The van der Waals surface area contributed by atoms with E-state index in [0.717, 1.165) is 12.8 Å². The Morgan fingerprint density at radius 1 is 1.47 bits per heavy atom. The van der Waals surface area contributed by atoms with Crippen LogP contribution in [-0.4, -0.2) is 35.9 Å². The Morgan fingerprint density at radius 2 is 2.00 bits per heavy atom. The zero-order valence-corrected chi connectivity index (χ0v) is 9.54. The lowest BCUT2D eigenvalue weighted by atomic mass is 9.81. The lowest BCUT2D eigenvalue weighted by Crippen LogP contribution is -2.54. The zero-order chi connectivity index (χ0) is 11.5. The molecule has 1 unspecified atom stereocenters. The highest BCUT2D eigenvalue weighted by Crippen LogP contribution is 2.31. The lowest BCUT2D eigenvalue weighted by molar-refractivity contribution is -0.134. The van der Waals surface area contributed by atoms with Gasteiger partial charge in [-0.05, 0) is 33.7 Å². The summed E-state index contributed by atoms with van der Waals surface area (Å²) in [6.07, 6.45) is 2.10. The van der Waals surface area contributed by atoms with E-state index in [4.69, 9.17) is 9.94 Å². The first kappa shape index (κ1) is 12.4. The standard InChI is InChI=1S/C10H20N2O3/c1-7-4-10(11-3,5-8(2)15-7)6-9(13)12-14/h7-8,11,14H,4-6H2,1-3H3,(H,12,13)/t7-,8+,10?. The van der Waals surface area contributed by atoms with Gasteiger partial charge in [-0.2, -0.15) is 0 Å². The van der Waals surface area contributed by atoms with E-state index < -0.39 is 0 Å². The number of nitrogens with one attached hydrogen (secondary N) is 2.